The Hall–Kier alpha value is -1.00. The summed E-state index contributed by atoms with van der Waals surface area (Å²) in [5.74, 6) is 0.662. The van der Waals surface area contributed by atoms with Gasteiger partial charge in [-0.25, -0.2) is 0 Å². The number of carbonyl (C=O) groups is 1. The lowest BCUT2D eigenvalue weighted by atomic mass is 10.4. The number of ether oxygens (including phenoxy) is 1. The predicted molar refractivity (Wildman–Crippen MR) is 91.0 cm³/mol. The molecule has 2 nitrogen and oxygen atoms in total. The predicted octanol–water partition coefficient (Wildman–Crippen LogP) is 3.73. The summed E-state index contributed by atoms with van der Waals surface area (Å²) in [5, 5.41) is 1.44. The monoisotopic (exact) mass is 308 g/mol. The molecule has 0 saturated carbocycles. The van der Waals surface area contributed by atoms with E-state index >= 15 is 0 Å². The van der Waals surface area contributed by atoms with Crippen molar-refractivity contribution in [2.45, 2.75) is 32.9 Å². The Morgan fingerprint density at radius 3 is 2.50 bits per heavy atom. The molecule has 0 fully saturated rings. The smallest absolute Gasteiger partial charge is 0.306 e. The summed E-state index contributed by atoms with van der Waals surface area (Å²) in [4.78, 5) is 11.2. The van der Waals surface area contributed by atoms with Gasteiger partial charge in [0.1, 0.15) is 8.07 Å². The molecule has 0 aliphatic rings. The second kappa shape index (κ2) is 8.32. The zero-order valence-corrected chi connectivity index (χ0v) is 14.6. The maximum Gasteiger partial charge on any atom is 0.306 e. The van der Waals surface area contributed by atoms with E-state index in [1.165, 1.54) is 16.8 Å². The van der Waals surface area contributed by atoms with Crippen LogP contribution in [0.2, 0.25) is 13.1 Å². The molecule has 110 valence electrons. The third-order valence-electron chi connectivity index (χ3n) is 3.29. The van der Waals surface area contributed by atoms with Crippen LogP contribution >= 0.6 is 11.8 Å². The minimum Gasteiger partial charge on any atom is -0.469 e. The van der Waals surface area contributed by atoms with Crippen LogP contribution in [0.1, 0.15) is 19.8 Å². The van der Waals surface area contributed by atoms with Crippen LogP contribution < -0.4 is 5.19 Å². The van der Waals surface area contributed by atoms with Crippen LogP contribution in [0.4, 0.5) is 0 Å². The van der Waals surface area contributed by atoms with E-state index in [0.29, 0.717) is 6.42 Å². The summed E-state index contributed by atoms with van der Waals surface area (Å²) in [7, 11) is -0.197. The molecule has 0 amide bonds. The minimum atomic E-state index is -1.64. The van der Waals surface area contributed by atoms with Gasteiger partial charge in [0, 0.05) is 5.75 Å². The highest BCUT2D eigenvalue weighted by atomic mass is 32.2. The zero-order chi connectivity index (χ0) is 15.0. The maximum absolute atomic E-state index is 11.2. The minimum absolute atomic E-state index is 0.132. The number of carbonyl (C=O) groups excluding carboxylic acids is 1. The summed E-state index contributed by atoms with van der Waals surface area (Å²) >= 11 is 1.81. The summed E-state index contributed by atoms with van der Waals surface area (Å²) in [6.07, 6.45) is 3.83. The number of hydrogen-bond acceptors (Lipinski definition) is 3. The highest BCUT2D eigenvalue weighted by molar-refractivity contribution is 8.05. The zero-order valence-electron chi connectivity index (χ0n) is 12.8. The van der Waals surface area contributed by atoms with Crippen molar-refractivity contribution >= 4 is 31.0 Å². The van der Waals surface area contributed by atoms with Crippen LogP contribution in [-0.4, -0.2) is 26.9 Å². The number of thioether (sulfide) groups is 1. The molecule has 0 spiro atoms. The summed E-state index contributed by atoms with van der Waals surface area (Å²) in [5.41, 5.74) is 0. The quantitative estimate of drug-likeness (QED) is 0.567. The molecule has 0 heterocycles. The molecule has 0 unspecified atom stereocenters. The number of rotatable bonds is 7. The van der Waals surface area contributed by atoms with Crippen molar-refractivity contribution in [3.63, 3.8) is 0 Å². The number of methoxy groups -OCH3 is 1. The van der Waals surface area contributed by atoms with Crippen molar-refractivity contribution in [1.29, 1.82) is 0 Å². The Labute approximate surface area is 127 Å². The van der Waals surface area contributed by atoms with Gasteiger partial charge in [-0.1, -0.05) is 61.6 Å². The van der Waals surface area contributed by atoms with Gasteiger partial charge in [-0.05, 0) is 10.9 Å². The van der Waals surface area contributed by atoms with Crippen molar-refractivity contribution in [3.8, 4) is 0 Å². The molecule has 0 bridgehead atoms. The van der Waals surface area contributed by atoms with Crippen LogP contribution in [0.3, 0.4) is 0 Å². The Morgan fingerprint density at radius 1 is 1.30 bits per heavy atom. The van der Waals surface area contributed by atoms with Gasteiger partial charge in [0.25, 0.3) is 0 Å². The largest absolute Gasteiger partial charge is 0.469 e. The highest BCUT2D eigenvalue weighted by Crippen LogP contribution is 2.28. The van der Waals surface area contributed by atoms with Gasteiger partial charge in [-0.3, -0.25) is 4.79 Å². The molecule has 0 saturated heterocycles. The van der Waals surface area contributed by atoms with Crippen molar-refractivity contribution in [1.82, 2.24) is 0 Å². The second-order valence-electron chi connectivity index (χ2n) is 5.14. The standard InChI is InChI=1S/C16H24O2SSi/c1-5-9-16(19-13-12-15(17)18-2)20(3,4)14-10-7-6-8-11-14/h6-11H,5,12-13H2,1-4H3/b16-9+. The van der Waals surface area contributed by atoms with Gasteiger partial charge in [0.05, 0.1) is 13.5 Å². The van der Waals surface area contributed by atoms with Gasteiger partial charge < -0.3 is 4.74 Å². The molecule has 20 heavy (non-hydrogen) atoms. The molecule has 1 aromatic rings. The lowest BCUT2D eigenvalue weighted by Gasteiger charge is -2.26. The molecule has 0 aliphatic heterocycles. The average Bonchev–Trinajstić information content (AvgIpc) is 2.47. The van der Waals surface area contributed by atoms with E-state index in [2.05, 4.69) is 56.4 Å². The first-order valence-electron chi connectivity index (χ1n) is 6.98. The van der Waals surface area contributed by atoms with Crippen LogP contribution in [0.25, 0.3) is 0 Å². The number of hydrogen-bond donors (Lipinski definition) is 0. The molecule has 4 heteroatoms. The normalized spacial score (nSPS) is 12.3. The Morgan fingerprint density at radius 2 is 1.95 bits per heavy atom. The number of allylic oxidation sites excluding steroid dienone is 1. The van der Waals surface area contributed by atoms with Crippen LogP contribution in [0.15, 0.2) is 40.9 Å². The molecular weight excluding hydrogens is 284 g/mol. The molecule has 1 aromatic carbocycles. The fraction of sp³-hybridized carbons (Fsp3) is 0.438. The second-order valence-corrected chi connectivity index (χ2v) is 11.0. The molecule has 0 aliphatic carbocycles. The lowest BCUT2D eigenvalue weighted by Crippen LogP contribution is -2.42. The Bertz CT molecular complexity index is 455. The first-order valence-corrected chi connectivity index (χ1v) is 11.0. The molecule has 0 N–H and O–H groups in total. The number of benzene rings is 1. The van der Waals surface area contributed by atoms with Gasteiger partial charge in [-0.15, -0.1) is 11.8 Å². The fourth-order valence-electron chi connectivity index (χ4n) is 2.02. The molecule has 0 atom stereocenters. The van der Waals surface area contributed by atoms with Crippen molar-refractivity contribution < 1.29 is 9.53 Å². The van der Waals surface area contributed by atoms with Crippen LogP contribution in [-0.2, 0) is 9.53 Å². The van der Waals surface area contributed by atoms with Crippen molar-refractivity contribution in [2.24, 2.45) is 0 Å². The molecule has 0 aromatic heterocycles. The van der Waals surface area contributed by atoms with Gasteiger partial charge >= 0.3 is 5.97 Å². The van der Waals surface area contributed by atoms with Crippen molar-refractivity contribution in [3.05, 3.63) is 40.9 Å². The van der Waals surface area contributed by atoms with E-state index in [-0.39, 0.29) is 5.97 Å². The van der Waals surface area contributed by atoms with Gasteiger partial charge in [0.2, 0.25) is 0 Å². The van der Waals surface area contributed by atoms with Crippen LogP contribution in [0.5, 0.6) is 0 Å². The molecule has 1 rings (SSSR count). The highest BCUT2D eigenvalue weighted by Gasteiger charge is 2.28. The third-order valence-corrected chi connectivity index (χ3v) is 9.36. The summed E-state index contributed by atoms with van der Waals surface area (Å²) < 4.78 is 6.16. The van der Waals surface area contributed by atoms with E-state index in [4.69, 9.17) is 4.74 Å². The van der Waals surface area contributed by atoms with E-state index < -0.39 is 8.07 Å². The molecular formula is C16H24O2SSi. The van der Waals surface area contributed by atoms with Crippen molar-refractivity contribution in [2.75, 3.05) is 12.9 Å². The maximum atomic E-state index is 11.2. The lowest BCUT2D eigenvalue weighted by molar-refractivity contribution is -0.140. The number of esters is 1. The van der Waals surface area contributed by atoms with Crippen LogP contribution in [0, 0.1) is 0 Å². The molecule has 0 radical (unpaired) electrons. The first-order chi connectivity index (χ1) is 9.52. The fourth-order valence-corrected chi connectivity index (χ4v) is 6.92. The van der Waals surface area contributed by atoms with Gasteiger partial charge in [-0.2, -0.15) is 0 Å². The Balaban J connectivity index is 2.80. The topological polar surface area (TPSA) is 26.3 Å². The van der Waals surface area contributed by atoms with E-state index in [1.54, 1.807) is 0 Å². The van der Waals surface area contributed by atoms with E-state index in [0.717, 1.165) is 12.2 Å². The first kappa shape index (κ1) is 17.0. The third kappa shape index (κ3) is 4.83. The summed E-state index contributed by atoms with van der Waals surface area (Å²) in [6.45, 7) is 6.90. The van der Waals surface area contributed by atoms with E-state index in [1.807, 2.05) is 11.8 Å². The Kier molecular flexibility index (Phi) is 7.09. The van der Waals surface area contributed by atoms with Gasteiger partial charge in [0.15, 0.2) is 0 Å². The average molecular weight is 309 g/mol. The van der Waals surface area contributed by atoms with E-state index in [9.17, 15) is 4.79 Å². The summed E-state index contributed by atoms with van der Waals surface area (Å²) in [6, 6.07) is 10.7. The SMILES string of the molecule is CC/C=C(\SCCC(=O)OC)[Si](C)(C)c1ccccc1.